The topological polar surface area (TPSA) is 135 Å². The zero-order valence-corrected chi connectivity index (χ0v) is 12.2. The minimum absolute atomic E-state index is 0.290. The van der Waals surface area contributed by atoms with E-state index < -0.39 is 20.6 Å². The molecular formula is C10H16N6O4S. The third-order valence-electron chi connectivity index (χ3n) is 3.13. The van der Waals surface area contributed by atoms with E-state index in [-0.39, 0.29) is 10.7 Å². The highest BCUT2D eigenvalue weighted by Crippen LogP contribution is 2.22. The second-order valence-electron chi connectivity index (χ2n) is 4.72. The molecule has 3 N–H and O–H groups in total. The molecule has 0 unspecified atom stereocenters. The van der Waals surface area contributed by atoms with Crippen LogP contribution in [0.25, 0.3) is 0 Å². The molecule has 1 fully saturated rings. The Labute approximate surface area is 121 Å². The number of hydrazine groups is 1. The number of hydrogen-bond donors (Lipinski definition) is 2. The van der Waals surface area contributed by atoms with E-state index in [1.807, 2.05) is 7.05 Å². The Kier molecular flexibility index (Phi) is 4.37. The van der Waals surface area contributed by atoms with Gasteiger partial charge in [0, 0.05) is 38.4 Å². The van der Waals surface area contributed by atoms with E-state index in [4.69, 9.17) is 5.73 Å². The molecule has 116 valence electrons. The summed E-state index contributed by atoms with van der Waals surface area (Å²) in [6, 6.07) is 0.904. The predicted octanol–water partition coefficient (Wildman–Crippen LogP) is -0.987. The van der Waals surface area contributed by atoms with Crippen molar-refractivity contribution in [2.24, 2.45) is 0 Å². The van der Waals surface area contributed by atoms with Gasteiger partial charge in [0.15, 0.2) is 0 Å². The Morgan fingerprint density at radius 2 is 2.00 bits per heavy atom. The molecule has 0 aliphatic carbocycles. The van der Waals surface area contributed by atoms with E-state index in [1.54, 1.807) is 5.01 Å². The van der Waals surface area contributed by atoms with E-state index in [1.165, 1.54) is 0 Å². The van der Waals surface area contributed by atoms with Gasteiger partial charge in [0.25, 0.3) is 10.0 Å². The number of nitrogens with two attached hydrogens (primary N) is 1. The Morgan fingerprint density at radius 3 is 2.57 bits per heavy atom. The van der Waals surface area contributed by atoms with Crippen LogP contribution in [-0.4, -0.2) is 61.5 Å². The fraction of sp³-hybridized carbons (Fsp3) is 0.500. The largest absolute Gasteiger partial charge is 0.378 e. The fourth-order valence-electron chi connectivity index (χ4n) is 1.86. The van der Waals surface area contributed by atoms with Crippen molar-refractivity contribution >= 4 is 21.5 Å². The third kappa shape index (κ3) is 3.64. The Hall–Kier alpha value is -1.82. The molecule has 0 saturated carbocycles. The summed E-state index contributed by atoms with van der Waals surface area (Å²) in [4.78, 5) is 17.8. The number of hydrogen-bond acceptors (Lipinski definition) is 8. The van der Waals surface area contributed by atoms with Crippen molar-refractivity contribution in [2.45, 2.75) is 4.90 Å². The van der Waals surface area contributed by atoms with Gasteiger partial charge in [-0.05, 0) is 7.05 Å². The lowest BCUT2D eigenvalue weighted by Crippen LogP contribution is -2.52. The number of nitrogens with one attached hydrogen (secondary N) is 1. The SMILES string of the molecule is CN1CCN(NS(=O)(=O)c2cnc(N)c([N+](=O)[O-])c2)CC1. The van der Waals surface area contributed by atoms with Gasteiger partial charge < -0.3 is 10.6 Å². The van der Waals surface area contributed by atoms with Crippen molar-refractivity contribution in [1.82, 2.24) is 19.7 Å². The zero-order chi connectivity index (χ0) is 15.6. The maximum atomic E-state index is 12.2. The van der Waals surface area contributed by atoms with Crippen LogP contribution in [-0.2, 0) is 10.0 Å². The van der Waals surface area contributed by atoms with Crippen LogP contribution in [0.15, 0.2) is 17.2 Å². The number of pyridine rings is 1. The molecule has 1 aliphatic heterocycles. The van der Waals surface area contributed by atoms with Gasteiger partial charge in [-0.25, -0.2) is 18.4 Å². The summed E-state index contributed by atoms with van der Waals surface area (Å²) >= 11 is 0. The third-order valence-corrected chi connectivity index (χ3v) is 4.47. The molecule has 0 atom stereocenters. The van der Waals surface area contributed by atoms with Crippen LogP contribution < -0.4 is 10.6 Å². The lowest BCUT2D eigenvalue weighted by molar-refractivity contribution is -0.384. The molecule has 0 spiro atoms. The number of nitrogens with zero attached hydrogens (tertiary/aromatic N) is 4. The minimum atomic E-state index is -3.92. The van der Waals surface area contributed by atoms with E-state index in [0.717, 1.165) is 25.4 Å². The molecule has 2 rings (SSSR count). The molecule has 0 radical (unpaired) electrons. The van der Waals surface area contributed by atoms with Crippen LogP contribution in [0.2, 0.25) is 0 Å². The van der Waals surface area contributed by atoms with E-state index in [2.05, 4.69) is 14.7 Å². The average Bonchev–Trinajstić information content (AvgIpc) is 2.41. The Morgan fingerprint density at radius 1 is 1.38 bits per heavy atom. The van der Waals surface area contributed by atoms with E-state index in [0.29, 0.717) is 13.1 Å². The number of piperazine rings is 1. The first-order valence-electron chi connectivity index (χ1n) is 6.15. The quantitative estimate of drug-likeness (QED) is 0.534. The number of aromatic nitrogens is 1. The van der Waals surface area contributed by atoms with E-state index >= 15 is 0 Å². The molecular weight excluding hydrogens is 300 g/mol. The molecule has 10 nitrogen and oxygen atoms in total. The Bertz CT molecular complexity index is 641. The second kappa shape index (κ2) is 5.89. The van der Waals surface area contributed by atoms with Crippen molar-refractivity contribution < 1.29 is 13.3 Å². The predicted molar refractivity (Wildman–Crippen MR) is 74.7 cm³/mol. The highest BCUT2D eigenvalue weighted by Gasteiger charge is 2.24. The van der Waals surface area contributed by atoms with Crippen molar-refractivity contribution in [3.63, 3.8) is 0 Å². The van der Waals surface area contributed by atoms with Gasteiger partial charge in [-0.15, -0.1) is 4.83 Å². The summed E-state index contributed by atoms with van der Waals surface area (Å²) in [6.07, 6.45) is 1.00. The van der Waals surface area contributed by atoms with Crippen LogP contribution in [0.4, 0.5) is 11.5 Å². The first-order valence-corrected chi connectivity index (χ1v) is 7.64. The van der Waals surface area contributed by atoms with Gasteiger partial charge in [0.1, 0.15) is 4.90 Å². The summed E-state index contributed by atoms with van der Waals surface area (Å²) < 4.78 is 24.4. The zero-order valence-electron chi connectivity index (χ0n) is 11.4. The summed E-state index contributed by atoms with van der Waals surface area (Å²) in [6.45, 7) is 2.51. The molecule has 1 saturated heterocycles. The maximum absolute atomic E-state index is 12.2. The number of likely N-dealkylation sites (N-methyl/N-ethyl adjacent to an activating group) is 1. The summed E-state index contributed by atoms with van der Waals surface area (Å²) in [7, 11) is -1.97. The van der Waals surface area contributed by atoms with Gasteiger partial charge in [-0.2, -0.15) is 0 Å². The highest BCUT2D eigenvalue weighted by atomic mass is 32.2. The van der Waals surface area contributed by atoms with E-state index in [9.17, 15) is 18.5 Å². The smallest absolute Gasteiger partial charge is 0.312 e. The normalized spacial score (nSPS) is 17.8. The minimum Gasteiger partial charge on any atom is -0.378 e. The summed E-state index contributed by atoms with van der Waals surface area (Å²) in [5, 5.41) is 12.3. The van der Waals surface area contributed by atoms with Gasteiger partial charge >= 0.3 is 5.69 Å². The molecule has 0 aromatic carbocycles. The molecule has 21 heavy (non-hydrogen) atoms. The van der Waals surface area contributed by atoms with Gasteiger partial charge in [0.05, 0.1) is 4.92 Å². The fourth-order valence-corrected chi connectivity index (χ4v) is 2.95. The average molecular weight is 316 g/mol. The molecule has 1 aromatic rings. The Balaban J connectivity index is 2.20. The lowest BCUT2D eigenvalue weighted by Gasteiger charge is -2.32. The van der Waals surface area contributed by atoms with Gasteiger partial charge in [-0.3, -0.25) is 10.1 Å². The maximum Gasteiger partial charge on any atom is 0.312 e. The molecule has 1 aliphatic rings. The highest BCUT2D eigenvalue weighted by molar-refractivity contribution is 7.89. The number of rotatable bonds is 4. The van der Waals surface area contributed by atoms with Crippen molar-refractivity contribution in [1.29, 1.82) is 0 Å². The molecule has 2 heterocycles. The first kappa shape index (κ1) is 15.6. The summed E-state index contributed by atoms with van der Waals surface area (Å²) in [5.74, 6) is -0.321. The molecule has 0 bridgehead atoms. The molecule has 0 amide bonds. The van der Waals surface area contributed by atoms with Crippen LogP contribution in [0.1, 0.15) is 0 Å². The van der Waals surface area contributed by atoms with Crippen molar-refractivity contribution in [3.8, 4) is 0 Å². The van der Waals surface area contributed by atoms with Crippen LogP contribution in [0, 0.1) is 10.1 Å². The summed E-state index contributed by atoms with van der Waals surface area (Å²) in [5.41, 5.74) is 4.82. The lowest BCUT2D eigenvalue weighted by atomic mass is 10.4. The van der Waals surface area contributed by atoms with Crippen LogP contribution in [0.5, 0.6) is 0 Å². The van der Waals surface area contributed by atoms with Crippen molar-refractivity contribution in [3.05, 3.63) is 22.4 Å². The van der Waals surface area contributed by atoms with Gasteiger partial charge in [0.2, 0.25) is 5.82 Å². The number of nitro groups is 1. The standard InChI is InChI=1S/C10H16N6O4S/c1-14-2-4-15(5-3-14)13-21(19,20)8-6-9(16(17)18)10(11)12-7-8/h6-7,13H,2-5H2,1H3,(H2,11,12). The number of anilines is 1. The number of nitrogen functional groups attached to an aromatic ring is 1. The first-order chi connectivity index (χ1) is 9.79. The molecule has 1 aromatic heterocycles. The van der Waals surface area contributed by atoms with Crippen LogP contribution in [0.3, 0.4) is 0 Å². The number of sulfonamides is 1. The van der Waals surface area contributed by atoms with Crippen LogP contribution >= 0.6 is 0 Å². The molecule has 11 heteroatoms. The monoisotopic (exact) mass is 316 g/mol. The van der Waals surface area contributed by atoms with Gasteiger partial charge in [-0.1, -0.05) is 0 Å². The second-order valence-corrected chi connectivity index (χ2v) is 6.38. The van der Waals surface area contributed by atoms with Crippen molar-refractivity contribution in [2.75, 3.05) is 39.0 Å².